The molecule has 10 heavy (non-hydrogen) atoms. The highest BCUT2D eigenvalue weighted by Gasteiger charge is 2.17. The summed E-state index contributed by atoms with van der Waals surface area (Å²) in [6.07, 6.45) is 3.04. The summed E-state index contributed by atoms with van der Waals surface area (Å²) >= 11 is 0. The molecule has 1 rings (SSSR count). The van der Waals surface area contributed by atoms with E-state index in [1.165, 1.54) is 25.9 Å². The topological polar surface area (TPSA) is 12.5 Å². The largest absolute Gasteiger partial charge is 0.380 e. The maximum atomic E-state index is 5.28. The highest BCUT2D eigenvalue weighted by molar-refractivity contribution is 4.71. The number of ether oxygens (including phenoxy) is 1. The first-order chi connectivity index (χ1) is 4.86. The molecule has 1 saturated heterocycles. The predicted molar refractivity (Wildman–Crippen MR) is 42.1 cm³/mol. The Balaban J connectivity index is 2.25. The third-order valence-corrected chi connectivity index (χ3v) is 2.24. The molecule has 2 nitrogen and oxygen atoms in total. The zero-order valence-electron chi connectivity index (χ0n) is 6.97. The zero-order valence-corrected chi connectivity index (χ0v) is 6.97. The molecule has 0 bridgehead atoms. The molecule has 2 heteroatoms. The molecule has 0 aliphatic carbocycles. The van der Waals surface area contributed by atoms with Crippen molar-refractivity contribution in [2.24, 2.45) is 0 Å². The van der Waals surface area contributed by atoms with Crippen LogP contribution in [0.25, 0.3) is 0 Å². The van der Waals surface area contributed by atoms with Crippen LogP contribution in [0.4, 0.5) is 0 Å². The molecule has 0 saturated carbocycles. The average molecular weight is 143 g/mol. The van der Waals surface area contributed by atoms with E-state index in [2.05, 4.69) is 11.8 Å². The second-order valence-electron chi connectivity index (χ2n) is 2.89. The molecule has 0 amide bonds. The molecule has 0 aromatic rings. The van der Waals surface area contributed by atoms with Crippen molar-refractivity contribution in [2.75, 3.05) is 26.7 Å². The first kappa shape index (κ1) is 8.02. The van der Waals surface area contributed by atoms with Gasteiger partial charge in [-0.15, -0.1) is 0 Å². The van der Waals surface area contributed by atoms with Crippen molar-refractivity contribution in [2.45, 2.75) is 25.9 Å². The van der Waals surface area contributed by atoms with Crippen molar-refractivity contribution in [3.63, 3.8) is 0 Å². The maximum absolute atomic E-state index is 5.28. The lowest BCUT2D eigenvalue weighted by molar-refractivity contribution is 0.0334. The van der Waals surface area contributed by atoms with Crippen LogP contribution in [0.15, 0.2) is 0 Å². The predicted octanol–water partition coefficient (Wildman–Crippen LogP) is 1.12. The number of nitrogens with zero attached hydrogens (tertiary/aromatic N) is 1. The Morgan fingerprint density at radius 1 is 1.60 bits per heavy atom. The summed E-state index contributed by atoms with van der Waals surface area (Å²) in [6, 6.07) is 0. The summed E-state index contributed by atoms with van der Waals surface area (Å²) in [5.74, 6) is 0. The summed E-state index contributed by atoms with van der Waals surface area (Å²) in [4.78, 5) is 2.44. The van der Waals surface area contributed by atoms with E-state index < -0.39 is 0 Å². The molecule has 1 aliphatic heterocycles. The second kappa shape index (κ2) is 3.94. The highest BCUT2D eigenvalue weighted by atomic mass is 16.5. The SMILES string of the molecule is CCN1CCCC(OC)C1. The van der Waals surface area contributed by atoms with Gasteiger partial charge in [0.05, 0.1) is 6.10 Å². The van der Waals surface area contributed by atoms with Gasteiger partial charge in [0.1, 0.15) is 0 Å². The van der Waals surface area contributed by atoms with Gasteiger partial charge in [0.15, 0.2) is 0 Å². The van der Waals surface area contributed by atoms with Gasteiger partial charge in [0.2, 0.25) is 0 Å². The monoisotopic (exact) mass is 143 g/mol. The standard InChI is InChI=1S/C8H17NO/c1-3-9-6-4-5-8(7-9)10-2/h8H,3-7H2,1-2H3. The minimum atomic E-state index is 0.494. The quantitative estimate of drug-likeness (QED) is 0.574. The molecule has 1 aliphatic rings. The molecule has 1 atom stereocenters. The normalized spacial score (nSPS) is 28.8. The van der Waals surface area contributed by atoms with Crippen LogP contribution in [0.1, 0.15) is 19.8 Å². The summed E-state index contributed by atoms with van der Waals surface area (Å²) < 4.78 is 5.28. The van der Waals surface area contributed by atoms with Crippen LogP contribution in [0, 0.1) is 0 Å². The van der Waals surface area contributed by atoms with Crippen LogP contribution in [0.5, 0.6) is 0 Å². The van der Waals surface area contributed by atoms with E-state index in [1.54, 1.807) is 0 Å². The lowest BCUT2D eigenvalue weighted by Gasteiger charge is -2.30. The van der Waals surface area contributed by atoms with E-state index in [0.29, 0.717) is 6.10 Å². The smallest absolute Gasteiger partial charge is 0.0698 e. The van der Waals surface area contributed by atoms with Crippen LogP contribution in [-0.4, -0.2) is 37.7 Å². The molecule has 60 valence electrons. The molecular weight excluding hydrogens is 126 g/mol. The summed E-state index contributed by atoms with van der Waals surface area (Å²) in [6.45, 7) is 5.77. The Bertz CT molecular complexity index is 85.3. The fourth-order valence-electron chi connectivity index (χ4n) is 1.49. The van der Waals surface area contributed by atoms with Gasteiger partial charge in [-0.2, -0.15) is 0 Å². The molecular formula is C8H17NO. The average Bonchev–Trinajstić information content (AvgIpc) is 2.05. The zero-order chi connectivity index (χ0) is 7.40. The van der Waals surface area contributed by atoms with Crippen molar-refractivity contribution < 1.29 is 4.74 Å². The maximum Gasteiger partial charge on any atom is 0.0698 e. The lowest BCUT2D eigenvalue weighted by atomic mass is 10.1. The summed E-state index contributed by atoms with van der Waals surface area (Å²) in [5, 5.41) is 0. The lowest BCUT2D eigenvalue weighted by Crippen LogP contribution is -2.38. The number of hydrogen-bond acceptors (Lipinski definition) is 2. The fraction of sp³-hybridized carbons (Fsp3) is 1.00. The van der Waals surface area contributed by atoms with E-state index in [9.17, 15) is 0 Å². The fourth-order valence-corrected chi connectivity index (χ4v) is 1.49. The van der Waals surface area contributed by atoms with Gasteiger partial charge in [0, 0.05) is 13.7 Å². The second-order valence-corrected chi connectivity index (χ2v) is 2.89. The Kier molecular flexibility index (Phi) is 3.16. The van der Waals surface area contributed by atoms with Gasteiger partial charge in [-0.1, -0.05) is 6.92 Å². The van der Waals surface area contributed by atoms with Crippen molar-refractivity contribution in [3.8, 4) is 0 Å². The van der Waals surface area contributed by atoms with Crippen LogP contribution < -0.4 is 0 Å². The van der Waals surface area contributed by atoms with Gasteiger partial charge in [-0.25, -0.2) is 0 Å². The molecule has 0 spiro atoms. The van der Waals surface area contributed by atoms with E-state index in [1.807, 2.05) is 7.11 Å². The van der Waals surface area contributed by atoms with Crippen molar-refractivity contribution >= 4 is 0 Å². The van der Waals surface area contributed by atoms with E-state index in [-0.39, 0.29) is 0 Å². The van der Waals surface area contributed by atoms with Gasteiger partial charge < -0.3 is 9.64 Å². The van der Waals surface area contributed by atoms with Gasteiger partial charge in [-0.3, -0.25) is 0 Å². The van der Waals surface area contributed by atoms with Gasteiger partial charge >= 0.3 is 0 Å². The number of rotatable bonds is 2. The van der Waals surface area contributed by atoms with Gasteiger partial charge in [0.25, 0.3) is 0 Å². The van der Waals surface area contributed by atoms with Crippen molar-refractivity contribution in [1.29, 1.82) is 0 Å². The number of piperidine rings is 1. The number of likely N-dealkylation sites (N-methyl/N-ethyl adjacent to an activating group) is 1. The van der Waals surface area contributed by atoms with Crippen molar-refractivity contribution in [3.05, 3.63) is 0 Å². The third kappa shape index (κ3) is 1.96. The Morgan fingerprint density at radius 2 is 2.40 bits per heavy atom. The Hall–Kier alpha value is -0.0800. The molecule has 1 unspecified atom stereocenters. The van der Waals surface area contributed by atoms with Crippen LogP contribution >= 0.6 is 0 Å². The molecule has 0 aromatic carbocycles. The Morgan fingerprint density at radius 3 is 3.00 bits per heavy atom. The number of methoxy groups -OCH3 is 1. The highest BCUT2D eigenvalue weighted by Crippen LogP contribution is 2.11. The first-order valence-corrected chi connectivity index (χ1v) is 4.12. The number of likely N-dealkylation sites (tertiary alicyclic amines) is 1. The van der Waals surface area contributed by atoms with E-state index in [0.717, 1.165) is 6.54 Å². The Labute approximate surface area is 63.2 Å². The minimum absolute atomic E-state index is 0.494. The third-order valence-electron chi connectivity index (χ3n) is 2.24. The van der Waals surface area contributed by atoms with Crippen LogP contribution in [0.2, 0.25) is 0 Å². The van der Waals surface area contributed by atoms with Crippen molar-refractivity contribution in [1.82, 2.24) is 4.90 Å². The van der Waals surface area contributed by atoms with Crippen LogP contribution in [-0.2, 0) is 4.74 Å². The van der Waals surface area contributed by atoms with Crippen LogP contribution in [0.3, 0.4) is 0 Å². The first-order valence-electron chi connectivity index (χ1n) is 4.12. The molecule has 0 radical (unpaired) electrons. The minimum Gasteiger partial charge on any atom is -0.380 e. The van der Waals surface area contributed by atoms with E-state index >= 15 is 0 Å². The number of hydrogen-bond donors (Lipinski definition) is 0. The molecule has 1 heterocycles. The summed E-state index contributed by atoms with van der Waals surface area (Å²) in [5.41, 5.74) is 0. The van der Waals surface area contributed by atoms with Gasteiger partial charge in [-0.05, 0) is 25.9 Å². The molecule has 0 N–H and O–H groups in total. The van der Waals surface area contributed by atoms with E-state index in [4.69, 9.17) is 4.74 Å². The molecule has 1 fully saturated rings. The molecule has 0 aromatic heterocycles. The summed E-state index contributed by atoms with van der Waals surface area (Å²) in [7, 11) is 1.81.